The third kappa shape index (κ3) is 4.44. The number of ether oxygens (including phenoxy) is 1. The molecular weight excluding hydrogens is 252 g/mol. The highest BCUT2D eigenvalue weighted by atomic mass is 16.5. The van der Waals surface area contributed by atoms with Crippen LogP contribution in [0.25, 0.3) is 0 Å². The number of hydrogen-bond acceptors (Lipinski definition) is 5. The van der Waals surface area contributed by atoms with E-state index >= 15 is 0 Å². The van der Waals surface area contributed by atoms with Crippen LogP contribution in [-0.2, 0) is 4.74 Å². The molecule has 20 heavy (non-hydrogen) atoms. The van der Waals surface area contributed by atoms with Crippen LogP contribution in [0.4, 0.5) is 5.82 Å². The number of hydrogen-bond donors (Lipinski definition) is 1. The minimum atomic E-state index is 0.203. The highest BCUT2D eigenvalue weighted by Gasteiger charge is 2.18. The van der Waals surface area contributed by atoms with Crippen LogP contribution in [0.3, 0.4) is 0 Å². The van der Waals surface area contributed by atoms with Crippen molar-refractivity contribution in [2.45, 2.75) is 19.4 Å². The van der Waals surface area contributed by atoms with Crippen LogP contribution in [0.1, 0.15) is 13.3 Å². The Kier molecular flexibility index (Phi) is 6.24. The van der Waals surface area contributed by atoms with Crippen molar-refractivity contribution in [3.05, 3.63) is 24.4 Å². The highest BCUT2D eigenvalue weighted by molar-refractivity contribution is 5.38. The van der Waals surface area contributed by atoms with Gasteiger partial charge in [0.15, 0.2) is 0 Å². The number of rotatable bonds is 7. The molecule has 1 aromatic rings. The van der Waals surface area contributed by atoms with Gasteiger partial charge in [-0.1, -0.05) is 6.07 Å². The van der Waals surface area contributed by atoms with Gasteiger partial charge in [0, 0.05) is 52.1 Å². The SMILES string of the molecule is CCOC(CN)CCN1CCN(c2ccccn2)CC1. The molecule has 1 fully saturated rings. The zero-order chi connectivity index (χ0) is 14.2. The van der Waals surface area contributed by atoms with Crippen molar-refractivity contribution in [2.24, 2.45) is 5.73 Å². The molecule has 0 aromatic carbocycles. The molecule has 0 bridgehead atoms. The Bertz CT molecular complexity index is 365. The first-order chi connectivity index (χ1) is 9.83. The van der Waals surface area contributed by atoms with Gasteiger partial charge in [0.25, 0.3) is 0 Å². The summed E-state index contributed by atoms with van der Waals surface area (Å²) in [6.07, 6.45) is 3.08. The van der Waals surface area contributed by atoms with Gasteiger partial charge in [-0.3, -0.25) is 4.90 Å². The van der Waals surface area contributed by atoms with E-state index in [1.54, 1.807) is 0 Å². The van der Waals surface area contributed by atoms with E-state index in [-0.39, 0.29) is 6.10 Å². The van der Waals surface area contributed by atoms with E-state index in [4.69, 9.17) is 10.5 Å². The summed E-state index contributed by atoms with van der Waals surface area (Å²) in [5, 5.41) is 0. The predicted octanol–water partition coefficient (Wildman–Crippen LogP) is 0.958. The maximum absolute atomic E-state index is 5.71. The van der Waals surface area contributed by atoms with Crippen LogP contribution in [-0.4, -0.2) is 61.9 Å². The summed E-state index contributed by atoms with van der Waals surface area (Å²) in [6, 6.07) is 6.08. The normalized spacial score (nSPS) is 18.2. The molecule has 1 atom stereocenters. The monoisotopic (exact) mass is 278 g/mol. The molecule has 0 amide bonds. The Morgan fingerprint density at radius 2 is 2.10 bits per heavy atom. The average molecular weight is 278 g/mol. The fourth-order valence-corrected chi connectivity index (χ4v) is 2.57. The summed E-state index contributed by atoms with van der Waals surface area (Å²) < 4.78 is 5.60. The first kappa shape index (κ1) is 15.2. The number of pyridine rings is 1. The van der Waals surface area contributed by atoms with Crippen LogP contribution < -0.4 is 10.6 Å². The Balaban J connectivity index is 1.72. The maximum Gasteiger partial charge on any atom is 0.128 e. The van der Waals surface area contributed by atoms with E-state index < -0.39 is 0 Å². The van der Waals surface area contributed by atoms with Crippen LogP contribution in [0, 0.1) is 0 Å². The quantitative estimate of drug-likeness (QED) is 0.805. The highest BCUT2D eigenvalue weighted by Crippen LogP contribution is 2.13. The molecule has 0 spiro atoms. The predicted molar refractivity (Wildman–Crippen MR) is 82.0 cm³/mol. The summed E-state index contributed by atoms with van der Waals surface area (Å²) in [4.78, 5) is 9.24. The summed E-state index contributed by atoms with van der Waals surface area (Å²) >= 11 is 0. The standard InChI is InChI=1S/C15H26N4O/c1-2-20-14(13-16)6-8-18-9-11-19(12-10-18)15-5-3-4-7-17-15/h3-5,7,14H,2,6,8-13,16H2,1H3. The Morgan fingerprint density at radius 3 is 2.70 bits per heavy atom. The van der Waals surface area contributed by atoms with Gasteiger partial charge in [-0.25, -0.2) is 4.98 Å². The summed E-state index contributed by atoms with van der Waals surface area (Å²) in [6.45, 7) is 8.70. The number of nitrogens with zero attached hydrogens (tertiary/aromatic N) is 3. The fraction of sp³-hybridized carbons (Fsp3) is 0.667. The molecule has 2 heterocycles. The Hall–Kier alpha value is -1.17. The summed E-state index contributed by atoms with van der Waals surface area (Å²) in [7, 11) is 0. The van der Waals surface area contributed by atoms with Crippen molar-refractivity contribution in [1.29, 1.82) is 0 Å². The molecule has 112 valence electrons. The first-order valence-corrected chi connectivity index (χ1v) is 7.53. The fourth-order valence-electron chi connectivity index (χ4n) is 2.57. The maximum atomic E-state index is 5.71. The van der Waals surface area contributed by atoms with Crippen LogP contribution >= 0.6 is 0 Å². The molecule has 2 N–H and O–H groups in total. The van der Waals surface area contributed by atoms with Crippen LogP contribution in [0.5, 0.6) is 0 Å². The van der Waals surface area contributed by atoms with Crippen molar-refractivity contribution in [2.75, 3.05) is 50.8 Å². The number of aromatic nitrogens is 1. The van der Waals surface area contributed by atoms with Gasteiger partial charge in [-0.05, 0) is 25.5 Å². The molecule has 1 aliphatic heterocycles. The number of anilines is 1. The molecule has 5 heteroatoms. The van der Waals surface area contributed by atoms with Crippen molar-refractivity contribution >= 4 is 5.82 Å². The van der Waals surface area contributed by atoms with Crippen LogP contribution in [0.15, 0.2) is 24.4 Å². The van der Waals surface area contributed by atoms with E-state index in [9.17, 15) is 0 Å². The molecule has 0 saturated carbocycles. The smallest absolute Gasteiger partial charge is 0.128 e. The molecule has 0 radical (unpaired) electrons. The Labute approximate surface area is 121 Å². The van der Waals surface area contributed by atoms with Gasteiger partial charge in [0.1, 0.15) is 5.82 Å². The van der Waals surface area contributed by atoms with Gasteiger partial charge in [0.05, 0.1) is 6.10 Å². The third-order valence-electron chi connectivity index (χ3n) is 3.78. The van der Waals surface area contributed by atoms with E-state index in [1.165, 1.54) is 0 Å². The second kappa shape index (κ2) is 8.19. The molecular formula is C15H26N4O. The molecule has 1 aliphatic rings. The average Bonchev–Trinajstić information content (AvgIpc) is 2.53. The summed E-state index contributed by atoms with van der Waals surface area (Å²) in [5.74, 6) is 1.08. The second-order valence-electron chi connectivity index (χ2n) is 5.12. The van der Waals surface area contributed by atoms with E-state index in [0.29, 0.717) is 6.54 Å². The van der Waals surface area contributed by atoms with Crippen molar-refractivity contribution in [3.8, 4) is 0 Å². The van der Waals surface area contributed by atoms with Crippen molar-refractivity contribution in [1.82, 2.24) is 9.88 Å². The Morgan fingerprint density at radius 1 is 1.30 bits per heavy atom. The lowest BCUT2D eigenvalue weighted by atomic mass is 10.2. The van der Waals surface area contributed by atoms with Crippen LogP contribution in [0.2, 0.25) is 0 Å². The lowest BCUT2D eigenvalue weighted by molar-refractivity contribution is 0.0538. The van der Waals surface area contributed by atoms with E-state index in [1.807, 2.05) is 25.3 Å². The van der Waals surface area contributed by atoms with Gasteiger partial charge in [-0.2, -0.15) is 0 Å². The molecule has 1 unspecified atom stereocenters. The third-order valence-corrected chi connectivity index (χ3v) is 3.78. The zero-order valence-corrected chi connectivity index (χ0v) is 12.4. The van der Waals surface area contributed by atoms with Gasteiger partial charge < -0.3 is 15.4 Å². The zero-order valence-electron chi connectivity index (χ0n) is 12.4. The summed E-state index contributed by atoms with van der Waals surface area (Å²) in [5.41, 5.74) is 5.71. The molecule has 0 aliphatic carbocycles. The largest absolute Gasteiger partial charge is 0.377 e. The minimum Gasteiger partial charge on any atom is -0.377 e. The van der Waals surface area contributed by atoms with E-state index in [0.717, 1.165) is 51.6 Å². The van der Waals surface area contributed by atoms with Gasteiger partial charge in [0.2, 0.25) is 0 Å². The molecule has 1 saturated heterocycles. The van der Waals surface area contributed by atoms with Crippen molar-refractivity contribution in [3.63, 3.8) is 0 Å². The van der Waals surface area contributed by atoms with Gasteiger partial charge >= 0.3 is 0 Å². The topological polar surface area (TPSA) is 54.6 Å². The van der Waals surface area contributed by atoms with Crippen molar-refractivity contribution < 1.29 is 4.74 Å². The van der Waals surface area contributed by atoms with Gasteiger partial charge in [-0.15, -0.1) is 0 Å². The second-order valence-corrected chi connectivity index (χ2v) is 5.12. The minimum absolute atomic E-state index is 0.203. The first-order valence-electron chi connectivity index (χ1n) is 7.53. The lowest BCUT2D eigenvalue weighted by Gasteiger charge is -2.35. The molecule has 1 aromatic heterocycles. The lowest BCUT2D eigenvalue weighted by Crippen LogP contribution is -2.47. The number of nitrogens with two attached hydrogens (primary N) is 1. The van der Waals surface area contributed by atoms with E-state index in [2.05, 4.69) is 20.9 Å². The number of piperazine rings is 1. The molecule has 5 nitrogen and oxygen atoms in total. The molecule has 2 rings (SSSR count).